The maximum atomic E-state index is 11.2. The van der Waals surface area contributed by atoms with E-state index >= 15 is 0 Å². The minimum Gasteiger partial charge on any atom is -0.490 e. The fourth-order valence-electron chi connectivity index (χ4n) is 3.62. The number of nitrogens with one attached hydrogen (secondary N) is 1. The minimum absolute atomic E-state index is 0.0750. The second kappa shape index (κ2) is 10.2. The van der Waals surface area contributed by atoms with Crippen LogP contribution >= 0.6 is 0 Å². The average molecular weight is 496 g/mol. The van der Waals surface area contributed by atoms with Gasteiger partial charge in [-0.3, -0.25) is 14.3 Å². The molecule has 2 aromatic carbocycles. The Morgan fingerprint density at radius 3 is 2.60 bits per heavy atom. The number of benzene rings is 2. The van der Waals surface area contributed by atoms with E-state index in [1.165, 1.54) is 17.7 Å². The topological polar surface area (TPSA) is 111 Å². The molecule has 0 fully saturated rings. The summed E-state index contributed by atoms with van der Waals surface area (Å²) < 4.78 is 32.5. The Labute approximate surface area is 203 Å². The first kappa shape index (κ1) is 24.2. The first-order valence-electron chi connectivity index (χ1n) is 10.8. The van der Waals surface area contributed by atoms with Crippen molar-refractivity contribution < 1.29 is 22.3 Å². The molecule has 0 unspecified atom stereocenters. The molecule has 35 heavy (non-hydrogen) atoms. The lowest BCUT2D eigenvalue weighted by Crippen LogP contribution is -2.22. The summed E-state index contributed by atoms with van der Waals surface area (Å²) in [6.45, 7) is 2.70. The molecule has 0 saturated heterocycles. The van der Waals surface area contributed by atoms with Gasteiger partial charge in [0.25, 0.3) is 15.8 Å². The van der Waals surface area contributed by atoms with Gasteiger partial charge in [0.15, 0.2) is 0 Å². The Bertz CT molecular complexity index is 1360. The number of allylic oxidation sites excluding steroid dienone is 2. The van der Waals surface area contributed by atoms with Gasteiger partial charge in [-0.05, 0) is 30.2 Å². The first-order valence-corrected chi connectivity index (χ1v) is 12.7. The van der Waals surface area contributed by atoms with Crippen molar-refractivity contribution in [2.24, 2.45) is 0 Å². The van der Waals surface area contributed by atoms with Crippen LogP contribution in [0.2, 0.25) is 0 Å². The van der Waals surface area contributed by atoms with E-state index in [9.17, 15) is 18.5 Å². The van der Waals surface area contributed by atoms with Crippen LogP contribution in [0.25, 0.3) is 17.8 Å². The Kier molecular flexibility index (Phi) is 7.04. The van der Waals surface area contributed by atoms with Gasteiger partial charge in [-0.2, -0.15) is 8.42 Å². The van der Waals surface area contributed by atoms with Gasteiger partial charge in [0.1, 0.15) is 24.8 Å². The molecule has 0 spiro atoms. The van der Waals surface area contributed by atoms with Crippen LogP contribution in [0.4, 0.5) is 5.69 Å². The standard InChI is InChI=1S/C25H25N3O6S/c1-18-3-12-25-26-23(17-27(25)16-18)20-7-4-19(5-8-20)6-9-21-10-11-22(28(29)30)15-24(21)33-13-14-34-35(2,31)32/h3-12,15,17,26H,13-14,16H2,1-2H3. The van der Waals surface area contributed by atoms with Crippen LogP contribution < -0.4 is 10.1 Å². The maximum absolute atomic E-state index is 11.2. The van der Waals surface area contributed by atoms with Crippen LogP contribution in [0.3, 0.4) is 0 Å². The predicted octanol–water partition coefficient (Wildman–Crippen LogP) is 4.13. The monoisotopic (exact) mass is 495 g/mol. The average Bonchev–Trinajstić information content (AvgIpc) is 3.23. The molecule has 0 aromatic heterocycles. The predicted molar refractivity (Wildman–Crippen MR) is 134 cm³/mol. The van der Waals surface area contributed by atoms with E-state index in [0.717, 1.165) is 35.4 Å². The van der Waals surface area contributed by atoms with Gasteiger partial charge in [-0.15, -0.1) is 0 Å². The number of rotatable bonds is 9. The molecule has 2 aromatic rings. The van der Waals surface area contributed by atoms with Crippen LogP contribution in [0.1, 0.15) is 23.6 Å². The lowest BCUT2D eigenvalue weighted by atomic mass is 10.1. The molecule has 0 radical (unpaired) electrons. The van der Waals surface area contributed by atoms with Gasteiger partial charge in [0.05, 0.1) is 22.9 Å². The molecule has 10 heteroatoms. The van der Waals surface area contributed by atoms with Crippen LogP contribution in [-0.2, 0) is 14.3 Å². The van der Waals surface area contributed by atoms with Gasteiger partial charge in [0, 0.05) is 24.4 Å². The van der Waals surface area contributed by atoms with Crippen LogP contribution in [-0.4, -0.2) is 44.3 Å². The lowest BCUT2D eigenvalue weighted by Gasteiger charge is -2.20. The fourth-order valence-corrected chi connectivity index (χ4v) is 3.99. The highest BCUT2D eigenvalue weighted by Crippen LogP contribution is 2.28. The number of ether oxygens (including phenoxy) is 1. The summed E-state index contributed by atoms with van der Waals surface area (Å²) in [5.41, 5.74) is 4.81. The number of hydrogen-bond acceptors (Lipinski definition) is 8. The molecule has 4 rings (SSSR count). The Morgan fingerprint density at radius 2 is 1.89 bits per heavy atom. The summed E-state index contributed by atoms with van der Waals surface area (Å²) in [6.07, 6.45) is 10.9. The SMILES string of the molecule is CC1=CC=C2NC(c3ccc(C=Cc4ccc([N+](=O)[O-])cc4OCCOS(C)(=O)=O)cc3)=CN2C1. The van der Waals surface area contributed by atoms with Crippen molar-refractivity contribution in [2.75, 3.05) is 26.0 Å². The van der Waals surface area contributed by atoms with E-state index in [0.29, 0.717) is 5.56 Å². The molecular weight excluding hydrogens is 470 g/mol. The normalized spacial score (nSPS) is 15.3. The third-order valence-electron chi connectivity index (χ3n) is 5.33. The van der Waals surface area contributed by atoms with Gasteiger partial charge < -0.3 is 15.0 Å². The smallest absolute Gasteiger partial charge is 0.273 e. The zero-order valence-electron chi connectivity index (χ0n) is 19.3. The molecule has 0 amide bonds. The summed E-state index contributed by atoms with van der Waals surface area (Å²) in [5, 5.41) is 14.6. The van der Waals surface area contributed by atoms with Crippen molar-refractivity contribution in [1.82, 2.24) is 10.2 Å². The van der Waals surface area contributed by atoms with Crippen molar-refractivity contribution in [1.29, 1.82) is 0 Å². The van der Waals surface area contributed by atoms with Crippen molar-refractivity contribution in [3.8, 4) is 5.75 Å². The molecule has 2 aliphatic heterocycles. The van der Waals surface area contributed by atoms with E-state index in [-0.39, 0.29) is 24.7 Å². The molecule has 0 atom stereocenters. The molecule has 9 nitrogen and oxygen atoms in total. The number of fused-ring (bicyclic) bond motifs is 1. The van der Waals surface area contributed by atoms with Crippen molar-refractivity contribution >= 4 is 33.7 Å². The van der Waals surface area contributed by atoms with E-state index in [1.54, 1.807) is 12.1 Å². The highest BCUT2D eigenvalue weighted by atomic mass is 32.2. The highest BCUT2D eigenvalue weighted by molar-refractivity contribution is 7.85. The van der Waals surface area contributed by atoms with E-state index in [1.807, 2.05) is 30.3 Å². The van der Waals surface area contributed by atoms with Gasteiger partial charge >= 0.3 is 0 Å². The number of hydrogen-bond donors (Lipinski definition) is 1. The fraction of sp³-hybridized carbons (Fsp3) is 0.200. The number of non-ortho nitro benzene ring substituents is 1. The summed E-state index contributed by atoms with van der Waals surface area (Å²) in [6, 6.07) is 12.3. The van der Waals surface area contributed by atoms with Crippen molar-refractivity contribution in [3.05, 3.63) is 99.0 Å². The largest absolute Gasteiger partial charge is 0.490 e. The number of nitro groups is 1. The zero-order valence-corrected chi connectivity index (χ0v) is 20.1. The quantitative estimate of drug-likeness (QED) is 0.182. The van der Waals surface area contributed by atoms with Crippen molar-refractivity contribution in [2.45, 2.75) is 6.92 Å². The lowest BCUT2D eigenvalue weighted by molar-refractivity contribution is -0.384. The summed E-state index contributed by atoms with van der Waals surface area (Å²) in [4.78, 5) is 12.8. The molecule has 0 aliphatic carbocycles. The second-order valence-corrected chi connectivity index (χ2v) is 9.81. The molecule has 182 valence electrons. The van der Waals surface area contributed by atoms with E-state index < -0.39 is 15.0 Å². The second-order valence-electron chi connectivity index (χ2n) is 8.17. The van der Waals surface area contributed by atoms with Crippen molar-refractivity contribution in [3.63, 3.8) is 0 Å². The summed E-state index contributed by atoms with van der Waals surface area (Å²) in [7, 11) is -3.59. The van der Waals surface area contributed by atoms with Gasteiger partial charge in [0.2, 0.25) is 0 Å². The summed E-state index contributed by atoms with van der Waals surface area (Å²) in [5.74, 6) is 1.32. The maximum Gasteiger partial charge on any atom is 0.273 e. The number of nitro benzene ring substituents is 1. The summed E-state index contributed by atoms with van der Waals surface area (Å²) >= 11 is 0. The Hall–Kier alpha value is -3.89. The van der Waals surface area contributed by atoms with E-state index in [2.05, 4.69) is 39.7 Å². The molecule has 2 aliphatic rings. The third-order valence-corrected chi connectivity index (χ3v) is 5.92. The highest BCUT2D eigenvalue weighted by Gasteiger charge is 2.20. The molecule has 0 saturated carbocycles. The number of nitrogens with zero attached hydrogens (tertiary/aromatic N) is 2. The minimum atomic E-state index is -3.59. The zero-order chi connectivity index (χ0) is 25.0. The Balaban J connectivity index is 1.46. The molecule has 1 N–H and O–H groups in total. The van der Waals surface area contributed by atoms with Crippen LogP contribution in [0, 0.1) is 10.1 Å². The van der Waals surface area contributed by atoms with Crippen LogP contribution in [0.5, 0.6) is 5.75 Å². The van der Waals surface area contributed by atoms with Gasteiger partial charge in [-0.1, -0.05) is 48.1 Å². The van der Waals surface area contributed by atoms with Gasteiger partial charge in [-0.25, -0.2) is 0 Å². The molecule has 2 heterocycles. The van der Waals surface area contributed by atoms with Crippen LogP contribution in [0.15, 0.2) is 72.2 Å². The first-order chi connectivity index (χ1) is 16.7. The Morgan fingerprint density at radius 1 is 1.11 bits per heavy atom. The molecule has 0 bridgehead atoms. The third kappa shape index (κ3) is 6.37. The van der Waals surface area contributed by atoms with E-state index in [4.69, 9.17) is 4.74 Å². The molecular formula is C25H25N3O6S.